The van der Waals surface area contributed by atoms with Gasteiger partial charge >= 0.3 is 0 Å². The predicted octanol–water partition coefficient (Wildman–Crippen LogP) is 3.82. The largest absolute Gasteiger partial charge is 0.507 e. The van der Waals surface area contributed by atoms with Crippen molar-refractivity contribution in [2.24, 2.45) is 5.10 Å². The minimum atomic E-state index is -0.233. The Labute approximate surface area is 148 Å². The lowest BCUT2D eigenvalue weighted by Gasteiger charge is -2.06. The van der Waals surface area contributed by atoms with Crippen LogP contribution in [0.2, 0.25) is 0 Å². The van der Waals surface area contributed by atoms with Crippen molar-refractivity contribution >= 4 is 49.0 Å². The number of phenolic OH excluding ortho intramolecular Hbond substituents is 1. The van der Waals surface area contributed by atoms with Crippen LogP contribution in [0.5, 0.6) is 5.75 Å². The van der Waals surface area contributed by atoms with Crippen LogP contribution in [0.15, 0.2) is 55.2 Å². The van der Waals surface area contributed by atoms with Crippen molar-refractivity contribution in [3.63, 3.8) is 0 Å². The summed E-state index contributed by atoms with van der Waals surface area (Å²) in [5.41, 5.74) is 1.15. The third kappa shape index (κ3) is 3.20. The van der Waals surface area contributed by atoms with Crippen LogP contribution < -0.4 is 5.56 Å². The first kappa shape index (κ1) is 15.9. The molecule has 2 aromatic carbocycles. The van der Waals surface area contributed by atoms with Crippen LogP contribution in [-0.4, -0.2) is 21.0 Å². The van der Waals surface area contributed by atoms with Crippen LogP contribution in [0.25, 0.3) is 10.9 Å². The first-order valence-corrected chi connectivity index (χ1v) is 8.26. The Morgan fingerprint density at radius 2 is 2.00 bits per heavy atom. The molecule has 23 heavy (non-hydrogen) atoms. The molecule has 0 fully saturated rings. The summed E-state index contributed by atoms with van der Waals surface area (Å²) in [6.07, 6.45) is 1.55. The molecule has 0 saturated heterocycles. The number of nitrogens with zero attached hydrogens (tertiary/aromatic N) is 3. The van der Waals surface area contributed by atoms with Gasteiger partial charge in [-0.2, -0.15) is 9.78 Å². The van der Waals surface area contributed by atoms with Gasteiger partial charge in [0.25, 0.3) is 5.56 Å². The number of aromatic hydroxyl groups is 1. The maximum absolute atomic E-state index is 12.6. The molecule has 1 aromatic heterocycles. The third-order valence-electron chi connectivity index (χ3n) is 3.26. The fourth-order valence-corrected chi connectivity index (χ4v) is 2.88. The van der Waals surface area contributed by atoms with E-state index in [0.29, 0.717) is 21.2 Å². The highest BCUT2D eigenvalue weighted by Crippen LogP contribution is 2.23. The van der Waals surface area contributed by atoms with Crippen LogP contribution in [0.1, 0.15) is 11.4 Å². The molecule has 116 valence electrons. The second-order valence-corrected chi connectivity index (χ2v) is 6.66. The van der Waals surface area contributed by atoms with Gasteiger partial charge in [-0.05, 0) is 64.8 Å². The monoisotopic (exact) mass is 435 g/mol. The number of hydrogen-bond donors (Lipinski definition) is 1. The van der Waals surface area contributed by atoms with Gasteiger partial charge in [-0.3, -0.25) is 4.79 Å². The Kier molecular flexibility index (Phi) is 4.32. The van der Waals surface area contributed by atoms with E-state index in [0.717, 1.165) is 10.0 Å². The molecular formula is C16H11Br2N3O2. The van der Waals surface area contributed by atoms with E-state index >= 15 is 0 Å². The zero-order valence-electron chi connectivity index (χ0n) is 12.0. The van der Waals surface area contributed by atoms with Gasteiger partial charge in [-0.15, -0.1) is 0 Å². The summed E-state index contributed by atoms with van der Waals surface area (Å²) in [4.78, 5) is 17.0. The lowest BCUT2D eigenvalue weighted by atomic mass is 10.2. The van der Waals surface area contributed by atoms with Crippen molar-refractivity contribution in [2.45, 2.75) is 6.92 Å². The number of fused-ring (bicyclic) bond motifs is 1. The topological polar surface area (TPSA) is 67.5 Å². The number of aryl methyl sites for hydroxylation is 1. The van der Waals surface area contributed by atoms with Crippen molar-refractivity contribution < 1.29 is 5.11 Å². The second-order valence-electron chi connectivity index (χ2n) is 4.89. The summed E-state index contributed by atoms with van der Waals surface area (Å²) in [5, 5.41) is 14.2. The molecule has 0 aliphatic rings. The van der Waals surface area contributed by atoms with E-state index in [2.05, 4.69) is 41.9 Å². The Hall–Kier alpha value is -1.99. The first-order valence-electron chi connectivity index (χ1n) is 6.67. The van der Waals surface area contributed by atoms with Gasteiger partial charge in [0.05, 0.1) is 21.6 Å². The smallest absolute Gasteiger partial charge is 0.282 e. The van der Waals surface area contributed by atoms with Crippen molar-refractivity contribution in [1.82, 2.24) is 9.66 Å². The fourth-order valence-electron chi connectivity index (χ4n) is 2.12. The number of rotatable bonds is 2. The van der Waals surface area contributed by atoms with Gasteiger partial charge in [-0.1, -0.05) is 15.9 Å². The first-order chi connectivity index (χ1) is 11.0. The number of benzene rings is 2. The van der Waals surface area contributed by atoms with Crippen molar-refractivity contribution in [3.05, 3.63) is 67.1 Å². The molecular weight excluding hydrogens is 426 g/mol. The third-order valence-corrected chi connectivity index (χ3v) is 4.39. The maximum atomic E-state index is 12.6. The molecule has 0 saturated carbocycles. The molecule has 3 rings (SSSR count). The van der Waals surface area contributed by atoms with E-state index in [1.165, 1.54) is 4.68 Å². The van der Waals surface area contributed by atoms with Crippen molar-refractivity contribution in [3.8, 4) is 5.75 Å². The SMILES string of the molecule is Cc1nc2ccc(Br)cc2c(=O)n1N=Cc1ccc(O)c(Br)c1. The maximum Gasteiger partial charge on any atom is 0.282 e. The van der Waals surface area contributed by atoms with E-state index in [4.69, 9.17) is 0 Å². The van der Waals surface area contributed by atoms with E-state index in [1.807, 2.05) is 6.07 Å². The van der Waals surface area contributed by atoms with Gasteiger partial charge in [0.2, 0.25) is 0 Å². The fraction of sp³-hybridized carbons (Fsp3) is 0.0625. The van der Waals surface area contributed by atoms with E-state index in [9.17, 15) is 9.90 Å². The van der Waals surface area contributed by atoms with Crippen LogP contribution in [0, 0.1) is 6.92 Å². The van der Waals surface area contributed by atoms with E-state index in [-0.39, 0.29) is 11.3 Å². The minimum absolute atomic E-state index is 0.146. The summed E-state index contributed by atoms with van der Waals surface area (Å²) < 4.78 is 2.63. The standard InChI is InChI=1S/C16H11Br2N3O2/c1-9-20-14-4-3-11(17)7-12(14)16(23)21(9)19-8-10-2-5-15(22)13(18)6-10/h2-8,22H,1H3. The lowest BCUT2D eigenvalue weighted by Crippen LogP contribution is -2.20. The lowest BCUT2D eigenvalue weighted by molar-refractivity contribution is 0.472. The van der Waals surface area contributed by atoms with Gasteiger partial charge in [-0.25, -0.2) is 4.98 Å². The highest BCUT2D eigenvalue weighted by atomic mass is 79.9. The Balaban J connectivity index is 2.10. The quantitative estimate of drug-likeness (QED) is 0.621. The van der Waals surface area contributed by atoms with E-state index in [1.54, 1.807) is 43.5 Å². The number of aromatic nitrogens is 2. The molecule has 1 heterocycles. The average Bonchev–Trinajstić information content (AvgIpc) is 2.51. The molecule has 0 unspecified atom stereocenters. The molecule has 0 atom stereocenters. The number of halogens is 2. The van der Waals surface area contributed by atoms with Gasteiger partial charge in [0.1, 0.15) is 11.6 Å². The zero-order chi connectivity index (χ0) is 16.6. The zero-order valence-corrected chi connectivity index (χ0v) is 15.2. The molecule has 7 heteroatoms. The average molecular weight is 437 g/mol. The second kappa shape index (κ2) is 6.25. The number of phenols is 1. The van der Waals surface area contributed by atoms with Crippen LogP contribution >= 0.6 is 31.9 Å². The summed E-state index contributed by atoms with van der Waals surface area (Å²) >= 11 is 6.60. The molecule has 5 nitrogen and oxygen atoms in total. The normalized spacial score (nSPS) is 11.4. The van der Waals surface area contributed by atoms with Crippen LogP contribution in [0.3, 0.4) is 0 Å². The molecule has 0 aliphatic heterocycles. The molecule has 0 amide bonds. The van der Waals surface area contributed by atoms with Crippen molar-refractivity contribution in [2.75, 3.05) is 0 Å². The van der Waals surface area contributed by atoms with Crippen LogP contribution in [0.4, 0.5) is 0 Å². The molecule has 1 N–H and O–H groups in total. The van der Waals surface area contributed by atoms with Gasteiger partial charge in [0, 0.05) is 4.47 Å². The van der Waals surface area contributed by atoms with E-state index < -0.39 is 0 Å². The molecule has 0 bridgehead atoms. The number of hydrogen-bond acceptors (Lipinski definition) is 4. The molecule has 0 aliphatic carbocycles. The highest BCUT2D eigenvalue weighted by Gasteiger charge is 2.07. The Morgan fingerprint density at radius 3 is 2.74 bits per heavy atom. The highest BCUT2D eigenvalue weighted by molar-refractivity contribution is 9.10. The summed E-state index contributed by atoms with van der Waals surface area (Å²) in [6, 6.07) is 10.3. The van der Waals surface area contributed by atoms with Gasteiger partial charge < -0.3 is 5.11 Å². The van der Waals surface area contributed by atoms with Gasteiger partial charge in [0.15, 0.2) is 0 Å². The Morgan fingerprint density at radius 1 is 1.22 bits per heavy atom. The Bertz CT molecular complexity index is 997. The predicted molar refractivity (Wildman–Crippen MR) is 97.2 cm³/mol. The summed E-state index contributed by atoms with van der Waals surface area (Å²) in [5.74, 6) is 0.645. The molecule has 0 radical (unpaired) electrons. The minimum Gasteiger partial charge on any atom is -0.507 e. The summed E-state index contributed by atoms with van der Waals surface area (Å²) in [7, 11) is 0. The molecule has 0 spiro atoms. The van der Waals surface area contributed by atoms with Crippen molar-refractivity contribution in [1.29, 1.82) is 0 Å². The summed E-state index contributed by atoms with van der Waals surface area (Å²) in [6.45, 7) is 1.73. The molecule has 3 aromatic rings. The van der Waals surface area contributed by atoms with Crippen LogP contribution in [-0.2, 0) is 0 Å².